The number of carbonyl (C=O) groups is 1. The average molecular weight is 615 g/mol. The molecule has 0 N–H and O–H groups in total. The molecule has 1 aliphatic rings. The molecule has 208 valence electrons. The second-order valence-corrected chi connectivity index (χ2v) is 15.9. The molecule has 0 aliphatic carbocycles. The van der Waals surface area contributed by atoms with Crippen molar-refractivity contribution in [3.63, 3.8) is 0 Å². The highest BCUT2D eigenvalue weighted by Crippen LogP contribution is 2.44. The number of hydrogen-bond donors (Lipinski definition) is 0. The second-order valence-electron chi connectivity index (χ2n) is 10.7. The van der Waals surface area contributed by atoms with Gasteiger partial charge in [0.1, 0.15) is 6.10 Å². The van der Waals surface area contributed by atoms with Crippen molar-refractivity contribution in [1.82, 2.24) is 4.57 Å². The van der Waals surface area contributed by atoms with E-state index < -0.39 is 20.0 Å². The Balaban J connectivity index is 1.78. The van der Waals surface area contributed by atoms with Crippen LogP contribution in [0.25, 0.3) is 0 Å². The highest BCUT2D eigenvalue weighted by Gasteiger charge is 2.54. The number of Topliss-reactive ketones (excluding diaryl/α,β-unsaturated/α-hetero) is 1. The van der Waals surface area contributed by atoms with Gasteiger partial charge >= 0.3 is 0 Å². The van der Waals surface area contributed by atoms with Crippen LogP contribution in [0, 0.1) is 0 Å². The molecule has 9 heteroatoms. The molecule has 1 aromatic heterocycles. The van der Waals surface area contributed by atoms with Gasteiger partial charge in [0, 0.05) is 33.4 Å². The Hall–Kier alpha value is -2.56. The zero-order valence-electron chi connectivity index (χ0n) is 23.3. The number of halogens is 1. The summed E-state index contributed by atoms with van der Waals surface area (Å²) in [6.07, 6.45) is 0.962. The van der Waals surface area contributed by atoms with E-state index in [0.29, 0.717) is 10.2 Å². The molecular weight excluding hydrogens is 578 g/mol. The van der Waals surface area contributed by atoms with Gasteiger partial charge in [-0.15, -0.1) is 0 Å². The first-order chi connectivity index (χ1) is 18.6. The molecule has 0 bridgehead atoms. The van der Waals surface area contributed by atoms with Crippen molar-refractivity contribution < 1.29 is 23.4 Å². The number of pyridine rings is 1. The molecule has 3 aromatic rings. The summed E-state index contributed by atoms with van der Waals surface area (Å²) in [6.45, 7) is 6.88. The molecule has 0 saturated heterocycles. The van der Waals surface area contributed by atoms with Crippen LogP contribution in [0.3, 0.4) is 0 Å². The van der Waals surface area contributed by atoms with E-state index >= 15 is 0 Å². The predicted octanol–water partition coefficient (Wildman–Crippen LogP) is 4.24. The van der Waals surface area contributed by atoms with Crippen LogP contribution < -0.4 is 20.5 Å². The highest BCUT2D eigenvalue weighted by atomic mass is 79.9. The van der Waals surface area contributed by atoms with Crippen LogP contribution in [0.2, 0.25) is 5.04 Å². The molecule has 2 aromatic carbocycles. The number of nitrogens with zero attached hydrogens (tertiary/aromatic N) is 1. The molecule has 0 spiro atoms. The zero-order valence-corrected chi connectivity index (χ0v) is 25.9. The predicted molar refractivity (Wildman–Crippen MR) is 158 cm³/mol. The van der Waals surface area contributed by atoms with Crippen molar-refractivity contribution in [3.8, 4) is 5.75 Å². The number of methoxy groups -OCH3 is 3. The Labute approximate surface area is 239 Å². The van der Waals surface area contributed by atoms with Gasteiger partial charge in [-0.05, 0) is 31.3 Å². The normalized spacial score (nSPS) is 19.6. The van der Waals surface area contributed by atoms with Gasteiger partial charge in [-0.25, -0.2) is 0 Å². The third kappa shape index (κ3) is 4.95. The van der Waals surface area contributed by atoms with E-state index in [9.17, 15) is 9.59 Å². The zero-order chi connectivity index (χ0) is 28.4. The lowest BCUT2D eigenvalue weighted by Gasteiger charge is -2.45. The Bertz CT molecular complexity index is 1330. The van der Waals surface area contributed by atoms with E-state index in [1.165, 1.54) is 21.3 Å². The van der Waals surface area contributed by atoms with Crippen molar-refractivity contribution >= 4 is 40.4 Å². The fraction of sp³-hybridized carbons (Fsp3) is 0.400. The molecule has 4 rings (SSSR count). The molecule has 0 amide bonds. The summed E-state index contributed by atoms with van der Waals surface area (Å²) < 4.78 is 26.5. The number of aromatic nitrogens is 1. The van der Waals surface area contributed by atoms with E-state index in [4.69, 9.17) is 18.6 Å². The standard InChI is InChI=1S/C30H36BrNO6Si/c1-29(2,3)39(21-13-9-7-10-14-21,22-15-11-8-12-16-22)38-18-17-30(37-6)24(33)20-32-19-23(31)26(34)27(35-4)25(32)28(30)36-5/h7-16,19,28H,17-18,20H2,1-6H3. The van der Waals surface area contributed by atoms with Crippen molar-refractivity contribution in [2.75, 3.05) is 27.9 Å². The number of ether oxygens (including phenoxy) is 3. The van der Waals surface area contributed by atoms with Crippen LogP contribution in [0.5, 0.6) is 5.75 Å². The van der Waals surface area contributed by atoms with E-state index in [1.807, 2.05) is 36.4 Å². The number of carbonyl (C=O) groups excluding carboxylic acids is 1. The van der Waals surface area contributed by atoms with Gasteiger partial charge in [0.25, 0.3) is 8.32 Å². The van der Waals surface area contributed by atoms with Crippen LogP contribution in [-0.4, -0.2) is 52.2 Å². The number of benzene rings is 2. The minimum absolute atomic E-state index is 0.0114. The summed E-state index contributed by atoms with van der Waals surface area (Å²) >= 11 is 3.29. The lowest BCUT2D eigenvalue weighted by atomic mass is 9.82. The Kier molecular flexibility index (Phi) is 8.68. The SMILES string of the molecule is COc1c2n(cc(Br)c1=O)CC(=O)C(CCO[Si](c1ccccc1)(c1ccccc1)C(C)(C)C)(OC)C2OC. The van der Waals surface area contributed by atoms with Gasteiger partial charge in [0.15, 0.2) is 17.1 Å². The molecule has 2 atom stereocenters. The fourth-order valence-electron chi connectivity index (χ4n) is 5.89. The second kappa shape index (κ2) is 11.5. The van der Waals surface area contributed by atoms with Gasteiger partial charge in [-0.2, -0.15) is 0 Å². The molecule has 7 nitrogen and oxygen atoms in total. The Morgan fingerprint density at radius 1 is 0.974 bits per heavy atom. The van der Waals surface area contributed by atoms with E-state index in [0.717, 1.165) is 10.4 Å². The van der Waals surface area contributed by atoms with E-state index in [-0.39, 0.29) is 41.6 Å². The number of fused-ring (bicyclic) bond motifs is 1. The van der Waals surface area contributed by atoms with Gasteiger partial charge < -0.3 is 23.2 Å². The van der Waals surface area contributed by atoms with Crippen molar-refractivity contribution in [2.24, 2.45) is 0 Å². The average Bonchev–Trinajstić information content (AvgIpc) is 2.92. The van der Waals surface area contributed by atoms with Gasteiger partial charge in [0.2, 0.25) is 5.43 Å². The monoisotopic (exact) mass is 613 g/mol. The van der Waals surface area contributed by atoms with Crippen LogP contribution >= 0.6 is 15.9 Å². The Morgan fingerprint density at radius 2 is 1.54 bits per heavy atom. The summed E-state index contributed by atoms with van der Waals surface area (Å²) in [5.74, 6) is -0.0361. The van der Waals surface area contributed by atoms with Crippen LogP contribution in [-0.2, 0) is 25.2 Å². The van der Waals surface area contributed by atoms with Gasteiger partial charge in [-0.1, -0.05) is 81.4 Å². The third-order valence-corrected chi connectivity index (χ3v) is 13.3. The lowest BCUT2D eigenvalue weighted by Crippen LogP contribution is -2.67. The molecule has 0 saturated carbocycles. The van der Waals surface area contributed by atoms with Crippen LogP contribution in [0.4, 0.5) is 0 Å². The maximum atomic E-state index is 13.8. The first-order valence-electron chi connectivity index (χ1n) is 12.9. The quantitative estimate of drug-likeness (QED) is 0.336. The molecule has 2 unspecified atom stereocenters. The smallest absolute Gasteiger partial charge is 0.261 e. The van der Waals surface area contributed by atoms with Crippen molar-refractivity contribution in [2.45, 2.75) is 50.5 Å². The maximum Gasteiger partial charge on any atom is 0.261 e. The number of ketones is 1. The first-order valence-corrected chi connectivity index (χ1v) is 15.6. The number of rotatable bonds is 9. The van der Waals surface area contributed by atoms with Gasteiger partial charge in [-0.3, -0.25) is 9.59 Å². The van der Waals surface area contributed by atoms with Crippen LogP contribution in [0.15, 0.2) is 76.1 Å². The first kappa shape index (κ1) is 29.4. The summed E-state index contributed by atoms with van der Waals surface area (Å²) in [6, 6.07) is 20.7. The largest absolute Gasteiger partial charge is 0.491 e. The van der Waals surface area contributed by atoms with Crippen molar-refractivity contribution in [3.05, 3.63) is 87.3 Å². The number of hydrogen-bond acceptors (Lipinski definition) is 6. The topological polar surface area (TPSA) is 76.0 Å². The Morgan fingerprint density at radius 3 is 2.00 bits per heavy atom. The summed E-state index contributed by atoms with van der Waals surface area (Å²) in [7, 11) is 1.62. The summed E-state index contributed by atoms with van der Waals surface area (Å²) in [5.41, 5.74) is -1.21. The third-order valence-electron chi connectivity index (χ3n) is 7.71. The molecule has 2 heterocycles. The molecule has 0 radical (unpaired) electrons. The fourth-order valence-corrected chi connectivity index (χ4v) is 10.9. The minimum Gasteiger partial charge on any atom is -0.491 e. The van der Waals surface area contributed by atoms with Crippen LogP contribution in [0.1, 0.15) is 39.0 Å². The van der Waals surface area contributed by atoms with Crippen molar-refractivity contribution in [1.29, 1.82) is 0 Å². The summed E-state index contributed by atoms with van der Waals surface area (Å²) in [4.78, 5) is 26.7. The molecular formula is C30H36BrNO6Si. The summed E-state index contributed by atoms with van der Waals surface area (Å²) in [5, 5.41) is 2.08. The van der Waals surface area contributed by atoms with E-state index in [2.05, 4.69) is 61.0 Å². The molecule has 1 aliphatic heterocycles. The minimum atomic E-state index is -2.83. The molecule has 0 fully saturated rings. The van der Waals surface area contributed by atoms with E-state index in [1.54, 1.807) is 10.8 Å². The lowest BCUT2D eigenvalue weighted by molar-refractivity contribution is -0.172. The maximum absolute atomic E-state index is 13.8. The van der Waals surface area contributed by atoms with Gasteiger partial charge in [0.05, 0.1) is 23.8 Å². The molecule has 39 heavy (non-hydrogen) atoms. The highest BCUT2D eigenvalue weighted by molar-refractivity contribution is 9.10.